The minimum atomic E-state index is -0.728. The Balaban J connectivity index is 1.89. The molecule has 0 unspecified atom stereocenters. The van der Waals surface area contributed by atoms with E-state index < -0.39 is 11.4 Å². The first-order chi connectivity index (χ1) is 11.6. The van der Waals surface area contributed by atoms with Gasteiger partial charge in [-0.25, -0.2) is 9.18 Å². The van der Waals surface area contributed by atoms with Crippen molar-refractivity contribution in [2.75, 3.05) is 24.6 Å². The fourth-order valence-electron chi connectivity index (χ4n) is 2.79. The third-order valence-corrected chi connectivity index (χ3v) is 4.01. The molecule has 2 heterocycles. The van der Waals surface area contributed by atoms with Crippen molar-refractivity contribution in [3.63, 3.8) is 0 Å². The number of carbonyl (C=O) groups is 1. The zero-order valence-electron chi connectivity index (χ0n) is 13.4. The lowest BCUT2D eigenvalue weighted by Gasteiger charge is -2.18. The lowest BCUT2D eigenvalue weighted by atomic mass is 10.1. The van der Waals surface area contributed by atoms with Crippen LogP contribution < -0.4 is 10.3 Å². The number of esters is 1. The van der Waals surface area contributed by atoms with Gasteiger partial charge >= 0.3 is 5.97 Å². The molecule has 5 nitrogen and oxygen atoms in total. The monoisotopic (exact) mass is 331 g/mol. The molecule has 3 rings (SSSR count). The van der Waals surface area contributed by atoms with E-state index in [1.165, 1.54) is 12.1 Å². The minimum Gasteiger partial charge on any atom is -0.463 e. The molecular formula is C18H18FNO4. The SMILES string of the molecule is CCOC(=O)c1coc(-c2ccc(N3CCCC3)c(F)c2)cc1=O. The van der Waals surface area contributed by atoms with Gasteiger partial charge < -0.3 is 14.1 Å². The van der Waals surface area contributed by atoms with Crippen LogP contribution in [0.1, 0.15) is 30.1 Å². The molecule has 6 heteroatoms. The molecule has 24 heavy (non-hydrogen) atoms. The molecule has 0 N–H and O–H groups in total. The van der Waals surface area contributed by atoms with Gasteiger partial charge in [-0.1, -0.05) is 0 Å². The number of hydrogen-bond acceptors (Lipinski definition) is 5. The van der Waals surface area contributed by atoms with Crippen LogP contribution in [-0.4, -0.2) is 25.7 Å². The second-order valence-electron chi connectivity index (χ2n) is 5.60. The number of benzene rings is 1. The maximum atomic E-state index is 14.4. The molecule has 1 aromatic heterocycles. The van der Waals surface area contributed by atoms with Gasteiger partial charge in [-0.05, 0) is 38.0 Å². The zero-order chi connectivity index (χ0) is 17.1. The molecule has 1 saturated heterocycles. The molecule has 0 aliphatic carbocycles. The first-order valence-corrected chi connectivity index (χ1v) is 7.95. The van der Waals surface area contributed by atoms with Gasteiger partial charge in [0.05, 0.1) is 12.3 Å². The van der Waals surface area contributed by atoms with E-state index in [-0.39, 0.29) is 23.7 Å². The van der Waals surface area contributed by atoms with Crippen molar-refractivity contribution in [3.05, 3.63) is 52.1 Å². The van der Waals surface area contributed by atoms with Crippen LogP contribution in [0.2, 0.25) is 0 Å². The number of anilines is 1. The fraction of sp³-hybridized carbons (Fsp3) is 0.333. The number of hydrogen-bond donors (Lipinski definition) is 0. The van der Waals surface area contributed by atoms with Gasteiger partial charge in [0.1, 0.15) is 23.4 Å². The summed E-state index contributed by atoms with van der Waals surface area (Å²) in [5.41, 5.74) is 0.318. The lowest BCUT2D eigenvalue weighted by molar-refractivity contribution is 0.0522. The molecule has 0 amide bonds. The Morgan fingerprint density at radius 1 is 1.29 bits per heavy atom. The Labute approximate surface area is 138 Å². The molecule has 126 valence electrons. The summed E-state index contributed by atoms with van der Waals surface area (Å²) < 4.78 is 24.5. The van der Waals surface area contributed by atoms with E-state index in [0.29, 0.717) is 11.3 Å². The summed E-state index contributed by atoms with van der Waals surface area (Å²) >= 11 is 0. The maximum Gasteiger partial charge on any atom is 0.345 e. The van der Waals surface area contributed by atoms with E-state index in [1.807, 2.05) is 4.90 Å². The molecule has 0 radical (unpaired) electrons. The van der Waals surface area contributed by atoms with Crippen molar-refractivity contribution >= 4 is 11.7 Å². The molecule has 1 aliphatic rings. The van der Waals surface area contributed by atoms with Gasteiger partial charge in [0.2, 0.25) is 0 Å². The Morgan fingerprint density at radius 2 is 2.04 bits per heavy atom. The lowest BCUT2D eigenvalue weighted by Crippen LogP contribution is -2.19. The quantitative estimate of drug-likeness (QED) is 0.805. The highest BCUT2D eigenvalue weighted by Gasteiger charge is 2.18. The highest BCUT2D eigenvalue weighted by atomic mass is 19.1. The third-order valence-electron chi connectivity index (χ3n) is 4.01. The van der Waals surface area contributed by atoms with Crippen molar-refractivity contribution in [2.24, 2.45) is 0 Å². The fourth-order valence-corrected chi connectivity index (χ4v) is 2.79. The van der Waals surface area contributed by atoms with E-state index in [1.54, 1.807) is 19.1 Å². The number of nitrogens with zero attached hydrogens (tertiary/aromatic N) is 1. The summed E-state index contributed by atoms with van der Waals surface area (Å²) in [6, 6.07) is 5.92. The van der Waals surface area contributed by atoms with Crippen LogP contribution in [0, 0.1) is 5.82 Å². The van der Waals surface area contributed by atoms with E-state index >= 15 is 0 Å². The van der Waals surface area contributed by atoms with Gasteiger partial charge in [-0.15, -0.1) is 0 Å². The second kappa shape index (κ2) is 6.86. The van der Waals surface area contributed by atoms with E-state index in [9.17, 15) is 14.0 Å². The van der Waals surface area contributed by atoms with Crippen molar-refractivity contribution < 1.29 is 18.3 Å². The highest BCUT2D eigenvalue weighted by molar-refractivity contribution is 5.89. The van der Waals surface area contributed by atoms with Gasteiger partial charge in [-0.3, -0.25) is 4.79 Å². The molecule has 0 spiro atoms. The Kier molecular flexibility index (Phi) is 4.64. The Morgan fingerprint density at radius 3 is 2.67 bits per heavy atom. The predicted octanol–water partition coefficient (Wildman–Crippen LogP) is 3.22. The third kappa shape index (κ3) is 3.18. The van der Waals surface area contributed by atoms with Crippen LogP contribution in [0.25, 0.3) is 11.3 Å². The van der Waals surface area contributed by atoms with E-state index in [4.69, 9.17) is 9.15 Å². The molecule has 0 bridgehead atoms. The standard InChI is InChI=1S/C18H18FNO4/c1-2-23-18(22)13-11-24-17(10-16(13)21)12-5-6-15(14(19)9-12)20-7-3-4-8-20/h5-6,9-11H,2-4,7-8H2,1H3. The summed E-state index contributed by atoms with van der Waals surface area (Å²) in [5.74, 6) is -0.875. The summed E-state index contributed by atoms with van der Waals surface area (Å²) in [7, 11) is 0. The average Bonchev–Trinajstić information content (AvgIpc) is 3.09. The topological polar surface area (TPSA) is 59.8 Å². The van der Waals surface area contributed by atoms with E-state index in [0.717, 1.165) is 32.2 Å². The summed E-state index contributed by atoms with van der Waals surface area (Å²) in [5, 5.41) is 0. The van der Waals surface area contributed by atoms with Crippen LogP contribution in [0.4, 0.5) is 10.1 Å². The molecule has 0 atom stereocenters. The predicted molar refractivity (Wildman–Crippen MR) is 87.8 cm³/mol. The van der Waals surface area contributed by atoms with Gasteiger partial charge in [0, 0.05) is 24.7 Å². The van der Waals surface area contributed by atoms with Crippen molar-refractivity contribution in [1.82, 2.24) is 0 Å². The molecular weight excluding hydrogens is 313 g/mol. The van der Waals surface area contributed by atoms with Crippen molar-refractivity contribution in [1.29, 1.82) is 0 Å². The first kappa shape index (κ1) is 16.2. The normalized spacial score (nSPS) is 14.0. The molecule has 1 fully saturated rings. The molecule has 2 aromatic rings. The average molecular weight is 331 g/mol. The van der Waals surface area contributed by atoms with Crippen LogP contribution in [0.15, 0.2) is 39.7 Å². The van der Waals surface area contributed by atoms with Crippen LogP contribution in [0.5, 0.6) is 0 Å². The summed E-state index contributed by atoms with van der Waals surface area (Å²) in [6.07, 6.45) is 3.18. The minimum absolute atomic E-state index is 0.170. The number of ether oxygens (including phenoxy) is 1. The van der Waals surface area contributed by atoms with Crippen molar-refractivity contribution in [3.8, 4) is 11.3 Å². The van der Waals surface area contributed by atoms with Crippen LogP contribution in [0.3, 0.4) is 0 Å². The van der Waals surface area contributed by atoms with Crippen LogP contribution in [-0.2, 0) is 4.74 Å². The smallest absolute Gasteiger partial charge is 0.345 e. The zero-order valence-corrected chi connectivity index (χ0v) is 13.4. The Hall–Kier alpha value is -2.63. The molecule has 1 aliphatic heterocycles. The number of carbonyl (C=O) groups excluding carboxylic acids is 1. The second-order valence-corrected chi connectivity index (χ2v) is 5.60. The maximum absolute atomic E-state index is 14.4. The van der Waals surface area contributed by atoms with Gasteiger partial charge in [0.25, 0.3) is 0 Å². The molecule has 1 aromatic carbocycles. The number of rotatable bonds is 4. The first-order valence-electron chi connectivity index (χ1n) is 7.95. The van der Waals surface area contributed by atoms with Gasteiger partial charge in [-0.2, -0.15) is 0 Å². The van der Waals surface area contributed by atoms with Gasteiger partial charge in [0.15, 0.2) is 5.43 Å². The van der Waals surface area contributed by atoms with Crippen molar-refractivity contribution in [2.45, 2.75) is 19.8 Å². The number of halogens is 1. The molecule has 0 saturated carbocycles. The van der Waals surface area contributed by atoms with Crippen LogP contribution >= 0.6 is 0 Å². The summed E-state index contributed by atoms with van der Waals surface area (Å²) in [6.45, 7) is 3.51. The van der Waals surface area contributed by atoms with E-state index in [2.05, 4.69) is 0 Å². The summed E-state index contributed by atoms with van der Waals surface area (Å²) in [4.78, 5) is 25.6. The largest absolute Gasteiger partial charge is 0.463 e. The highest BCUT2D eigenvalue weighted by Crippen LogP contribution is 2.28. The Bertz CT molecular complexity index is 809.